The standard InChI is InChI=1S/C13H19ClN2O2/c1-10(13(15)17)16(2)8-3-9-18-12-6-4-11(14)5-7-12/h4-7,10H,3,8-9H2,1-2H3,(H2,15,17)/t10-/m0/s1. The highest BCUT2D eigenvalue weighted by molar-refractivity contribution is 6.30. The van der Waals surface area contributed by atoms with E-state index in [1.165, 1.54) is 0 Å². The number of benzene rings is 1. The summed E-state index contributed by atoms with van der Waals surface area (Å²) < 4.78 is 5.55. The normalized spacial score (nSPS) is 12.4. The van der Waals surface area contributed by atoms with Gasteiger partial charge in [0.15, 0.2) is 0 Å². The van der Waals surface area contributed by atoms with Crippen LogP contribution < -0.4 is 10.5 Å². The number of primary amides is 1. The van der Waals surface area contributed by atoms with Crippen LogP contribution in [0.4, 0.5) is 0 Å². The maximum absolute atomic E-state index is 11.0. The Morgan fingerprint density at radius 3 is 2.61 bits per heavy atom. The zero-order valence-electron chi connectivity index (χ0n) is 10.7. The number of hydrogen-bond donors (Lipinski definition) is 1. The van der Waals surface area contributed by atoms with Crippen LogP contribution in [0.15, 0.2) is 24.3 Å². The molecular formula is C13H19ClN2O2. The van der Waals surface area contributed by atoms with Gasteiger partial charge in [0.1, 0.15) is 5.75 Å². The van der Waals surface area contributed by atoms with Crippen molar-refractivity contribution in [1.29, 1.82) is 0 Å². The summed E-state index contributed by atoms with van der Waals surface area (Å²) in [4.78, 5) is 12.9. The van der Waals surface area contributed by atoms with Crippen molar-refractivity contribution in [2.75, 3.05) is 20.2 Å². The first-order valence-corrected chi connectivity index (χ1v) is 6.26. The average molecular weight is 271 g/mol. The van der Waals surface area contributed by atoms with Crippen molar-refractivity contribution in [3.63, 3.8) is 0 Å². The first-order valence-electron chi connectivity index (χ1n) is 5.88. The molecule has 0 saturated heterocycles. The Labute approximate surface area is 113 Å². The molecule has 0 saturated carbocycles. The highest BCUT2D eigenvalue weighted by atomic mass is 35.5. The molecule has 0 unspecified atom stereocenters. The van der Waals surface area contributed by atoms with E-state index in [9.17, 15) is 4.79 Å². The number of likely N-dealkylation sites (N-methyl/N-ethyl adjacent to an activating group) is 1. The number of hydrogen-bond acceptors (Lipinski definition) is 3. The summed E-state index contributed by atoms with van der Waals surface area (Å²) >= 11 is 5.77. The third kappa shape index (κ3) is 4.94. The molecule has 1 rings (SSSR count). The summed E-state index contributed by atoms with van der Waals surface area (Å²) in [6.45, 7) is 3.15. The van der Waals surface area contributed by atoms with Crippen LogP contribution in [0.25, 0.3) is 0 Å². The summed E-state index contributed by atoms with van der Waals surface area (Å²) in [5.74, 6) is 0.487. The molecule has 0 heterocycles. The number of nitrogens with two attached hydrogens (primary N) is 1. The zero-order valence-corrected chi connectivity index (χ0v) is 11.5. The molecule has 1 amide bonds. The Bertz CT molecular complexity index is 381. The van der Waals surface area contributed by atoms with E-state index in [2.05, 4.69) is 0 Å². The smallest absolute Gasteiger partial charge is 0.234 e. The summed E-state index contributed by atoms with van der Waals surface area (Å²) in [5, 5.41) is 0.692. The predicted octanol–water partition coefficient (Wildman–Crippen LogP) is 1.91. The van der Waals surface area contributed by atoms with Crippen LogP contribution in [0, 0.1) is 0 Å². The van der Waals surface area contributed by atoms with Gasteiger partial charge in [-0.2, -0.15) is 0 Å². The van der Waals surface area contributed by atoms with Crippen molar-refractivity contribution in [1.82, 2.24) is 4.90 Å². The fourth-order valence-electron chi connectivity index (χ4n) is 1.45. The largest absolute Gasteiger partial charge is 0.494 e. The summed E-state index contributed by atoms with van der Waals surface area (Å²) in [5.41, 5.74) is 5.22. The number of ether oxygens (including phenoxy) is 1. The molecule has 0 aliphatic heterocycles. The minimum absolute atomic E-state index is 0.250. The van der Waals surface area contributed by atoms with Gasteiger partial charge in [-0.25, -0.2) is 0 Å². The maximum Gasteiger partial charge on any atom is 0.234 e. The molecule has 0 aromatic heterocycles. The lowest BCUT2D eigenvalue weighted by Crippen LogP contribution is -2.40. The van der Waals surface area contributed by atoms with Gasteiger partial charge in [0, 0.05) is 11.6 Å². The molecule has 1 atom stereocenters. The third-order valence-corrected chi connectivity index (χ3v) is 3.06. The third-order valence-electron chi connectivity index (χ3n) is 2.81. The summed E-state index contributed by atoms with van der Waals surface area (Å²) in [6, 6.07) is 6.99. The first kappa shape index (κ1) is 14.8. The lowest BCUT2D eigenvalue weighted by Gasteiger charge is -2.21. The monoisotopic (exact) mass is 270 g/mol. The molecule has 100 valence electrons. The average Bonchev–Trinajstić information content (AvgIpc) is 2.35. The number of amides is 1. The van der Waals surface area contributed by atoms with Gasteiger partial charge in [-0.1, -0.05) is 11.6 Å². The van der Waals surface area contributed by atoms with Crippen molar-refractivity contribution < 1.29 is 9.53 Å². The van der Waals surface area contributed by atoms with Crippen molar-refractivity contribution in [3.05, 3.63) is 29.3 Å². The molecule has 1 aromatic carbocycles. The topological polar surface area (TPSA) is 55.6 Å². The quantitative estimate of drug-likeness (QED) is 0.770. The fourth-order valence-corrected chi connectivity index (χ4v) is 1.57. The van der Waals surface area contributed by atoms with Crippen LogP contribution in [0.2, 0.25) is 5.02 Å². The van der Waals surface area contributed by atoms with Gasteiger partial charge in [0.05, 0.1) is 12.6 Å². The van der Waals surface area contributed by atoms with Gasteiger partial charge >= 0.3 is 0 Å². The molecule has 2 N–H and O–H groups in total. The number of rotatable bonds is 7. The van der Waals surface area contributed by atoms with Gasteiger partial charge in [0.2, 0.25) is 5.91 Å². The fraction of sp³-hybridized carbons (Fsp3) is 0.462. The lowest BCUT2D eigenvalue weighted by atomic mass is 10.2. The van der Waals surface area contributed by atoms with Gasteiger partial charge in [-0.05, 0) is 44.7 Å². The van der Waals surface area contributed by atoms with Crippen molar-refractivity contribution in [3.8, 4) is 5.75 Å². The van der Waals surface area contributed by atoms with E-state index in [0.717, 1.165) is 18.7 Å². The van der Waals surface area contributed by atoms with Crippen molar-refractivity contribution in [2.24, 2.45) is 5.73 Å². The number of halogens is 1. The Hall–Kier alpha value is -1.26. The lowest BCUT2D eigenvalue weighted by molar-refractivity contribution is -0.122. The molecule has 0 aliphatic carbocycles. The highest BCUT2D eigenvalue weighted by Crippen LogP contribution is 2.15. The van der Waals surface area contributed by atoms with Crippen LogP contribution in [0.1, 0.15) is 13.3 Å². The van der Waals surface area contributed by atoms with Gasteiger partial charge in [0.25, 0.3) is 0 Å². The van der Waals surface area contributed by atoms with E-state index in [0.29, 0.717) is 11.6 Å². The van der Waals surface area contributed by atoms with Crippen LogP contribution in [0.5, 0.6) is 5.75 Å². The number of carbonyl (C=O) groups is 1. The van der Waals surface area contributed by atoms with E-state index in [1.807, 2.05) is 24.1 Å². The molecule has 0 fully saturated rings. The summed E-state index contributed by atoms with van der Waals surface area (Å²) in [7, 11) is 1.87. The molecule has 0 aliphatic rings. The molecule has 0 bridgehead atoms. The predicted molar refractivity (Wildman–Crippen MR) is 72.9 cm³/mol. The van der Waals surface area contributed by atoms with Crippen LogP contribution in [-0.2, 0) is 4.79 Å². The second kappa shape index (κ2) is 7.24. The van der Waals surface area contributed by atoms with Crippen LogP contribution in [-0.4, -0.2) is 37.0 Å². The van der Waals surface area contributed by atoms with Gasteiger partial charge in [-0.15, -0.1) is 0 Å². The molecule has 4 nitrogen and oxygen atoms in total. The van der Waals surface area contributed by atoms with E-state index in [1.54, 1.807) is 19.1 Å². The van der Waals surface area contributed by atoms with E-state index >= 15 is 0 Å². The Kier molecular flexibility index (Phi) is 5.95. The molecule has 0 spiro atoms. The Morgan fingerprint density at radius 1 is 1.44 bits per heavy atom. The van der Waals surface area contributed by atoms with Gasteiger partial charge < -0.3 is 10.5 Å². The molecule has 0 radical (unpaired) electrons. The van der Waals surface area contributed by atoms with Crippen LogP contribution in [0.3, 0.4) is 0 Å². The summed E-state index contributed by atoms with van der Waals surface area (Å²) in [6.07, 6.45) is 0.830. The van der Waals surface area contributed by atoms with Crippen molar-refractivity contribution >= 4 is 17.5 Å². The molecule has 1 aromatic rings. The van der Waals surface area contributed by atoms with E-state index < -0.39 is 0 Å². The van der Waals surface area contributed by atoms with Crippen LogP contribution >= 0.6 is 11.6 Å². The molecule has 18 heavy (non-hydrogen) atoms. The van der Waals surface area contributed by atoms with E-state index in [4.69, 9.17) is 22.1 Å². The second-order valence-corrected chi connectivity index (χ2v) is 4.65. The van der Waals surface area contributed by atoms with Crippen molar-refractivity contribution in [2.45, 2.75) is 19.4 Å². The number of nitrogens with zero attached hydrogens (tertiary/aromatic N) is 1. The maximum atomic E-state index is 11.0. The minimum atomic E-state index is -0.309. The first-order chi connectivity index (χ1) is 8.50. The molecular weight excluding hydrogens is 252 g/mol. The van der Waals surface area contributed by atoms with E-state index in [-0.39, 0.29) is 11.9 Å². The SMILES string of the molecule is C[C@@H](C(N)=O)N(C)CCCOc1ccc(Cl)cc1. The second-order valence-electron chi connectivity index (χ2n) is 4.21. The highest BCUT2D eigenvalue weighted by Gasteiger charge is 2.13. The molecule has 5 heteroatoms. The minimum Gasteiger partial charge on any atom is -0.494 e. The number of carbonyl (C=O) groups excluding carboxylic acids is 1. The van der Waals surface area contributed by atoms with Gasteiger partial charge in [-0.3, -0.25) is 9.69 Å². The zero-order chi connectivity index (χ0) is 13.5. The Balaban J connectivity index is 2.22. The Morgan fingerprint density at radius 2 is 2.06 bits per heavy atom.